The summed E-state index contributed by atoms with van der Waals surface area (Å²) in [4.78, 5) is 22.8. The minimum atomic E-state index is -0.482. The molecular formula is C14H21N3O3. The van der Waals surface area contributed by atoms with Crippen molar-refractivity contribution in [3.8, 4) is 0 Å². The normalized spacial score (nSPS) is 11.8. The van der Waals surface area contributed by atoms with E-state index in [4.69, 9.17) is 0 Å². The number of carbonyl (C=O) groups excluding carboxylic acids is 1. The Kier molecular flexibility index (Phi) is 5.96. The minimum absolute atomic E-state index is 0.0428. The largest absolute Gasteiger partial charge is 0.379 e. The molecule has 0 aliphatic heterocycles. The second-order valence-electron chi connectivity index (χ2n) is 4.65. The highest BCUT2D eigenvalue weighted by molar-refractivity contribution is 6.01. The lowest BCUT2D eigenvalue weighted by molar-refractivity contribution is -0.384. The Hall–Kier alpha value is -2.11. The van der Waals surface area contributed by atoms with E-state index >= 15 is 0 Å². The van der Waals surface area contributed by atoms with Gasteiger partial charge in [0.1, 0.15) is 5.69 Å². The molecular weight excluding hydrogens is 258 g/mol. The molecule has 1 aromatic rings. The number of nitrogens with zero attached hydrogens (tertiary/aromatic N) is 1. The van der Waals surface area contributed by atoms with E-state index in [2.05, 4.69) is 10.6 Å². The second kappa shape index (κ2) is 7.47. The van der Waals surface area contributed by atoms with E-state index in [1.807, 2.05) is 20.8 Å². The molecule has 0 aliphatic rings. The number of hydrogen-bond donors (Lipinski definition) is 2. The minimum Gasteiger partial charge on any atom is -0.379 e. The zero-order valence-corrected chi connectivity index (χ0v) is 12.1. The summed E-state index contributed by atoms with van der Waals surface area (Å²) in [7, 11) is 0. The Morgan fingerprint density at radius 2 is 2.10 bits per heavy atom. The first-order chi connectivity index (χ1) is 9.51. The summed E-state index contributed by atoms with van der Waals surface area (Å²) in [6, 6.07) is 4.56. The average molecular weight is 279 g/mol. The van der Waals surface area contributed by atoms with Crippen LogP contribution in [0, 0.1) is 10.1 Å². The molecule has 20 heavy (non-hydrogen) atoms. The fourth-order valence-electron chi connectivity index (χ4n) is 2.05. The fraction of sp³-hybridized carbons (Fsp3) is 0.500. The number of carbonyl (C=O) groups is 1. The van der Waals surface area contributed by atoms with E-state index in [9.17, 15) is 14.9 Å². The molecule has 6 heteroatoms. The summed E-state index contributed by atoms with van der Waals surface area (Å²) in [5.74, 6) is -0.286. The Balaban J connectivity index is 3.07. The van der Waals surface area contributed by atoms with Crippen LogP contribution in [0.25, 0.3) is 0 Å². The molecule has 0 aliphatic carbocycles. The summed E-state index contributed by atoms with van der Waals surface area (Å²) < 4.78 is 0. The van der Waals surface area contributed by atoms with E-state index in [-0.39, 0.29) is 23.3 Å². The van der Waals surface area contributed by atoms with Crippen LogP contribution in [0.1, 0.15) is 44.0 Å². The topological polar surface area (TPSA) is 84.3 Å². The molecule has 0 aromatic heterocycles. The van der Waals surface area contributed by atoms with Gasteiger partial charge in [0.25, 0.3) is 11.6 Å². The van der Waals surface area contributed by atoms with Crippen molar-refractivity contribution < 1.29 is 9.72 Å². The second-order valence-corrected chi connectivity index (χ2v) is 4.65. The van der Waals surface area contributed by atoms with E-state index in [0.29, 0.717) is 12.1 Å². The van der Waals surface area contributed by atoms with Gasteiger partial charge in [-0.05, 0) is 26.3 Å². The van der Waals surface area contributed by atoms with Crippen molar-refractivity contribution in [2.24, 2.45) is 0 Å². The van der Waals surface area contributed by atoms with Gasteiger partial charge in [-0.25, -0.2) is 0 Å². The number of nitro benzene ring substituents is 1. The molecule has 1 amide bonds. The summed E-state index contributed by atoms with van der Waals surface area (Å²) in [5, 5.41) is 16.8. The van der Waals surface area contributed by atoms with Gasteiger partial charge >= 0.3 is 0 Å². The van der Waals surface area contributed by atoms with Crippen molar-refractivity contribution in [1.29, 1.82) is 0 Å². The molecule has 6 nitrogen and oxygen atoms in total. The molecule has 0 spiro atoms. The van der Waals surface area contributed by atoms with Crippen molar-refractivity contribution >= 4 is 17.3 Å². The quantitative estimate of drug-likeness (QED) is 0.593. The van der Waals surface area contributed by atoms with Crippen LogP contribution in [0.5, 0.6) is 0 Å². The predicted molar refractivity (Wildman–Crippen MR) is 79.1 cm³/mol. The maximum absolute atomic E-state index is 12.2. The number of hydrogen-bond acceptors (Lipinski definition) is 4. The van der Waals surface area contributed by atoms with Crippen LogP contribution in [-0.2, 0) is 0 Å². The molecule has 0 radical (unpaired) electrons. The van der Waals surface area contributed by atoms with Crippen LogP contribution in [-0.4, -0.2) is 23.4 Å². The van der Waals surface area contributed by atoms with E-state index in [1.54, 1.807) is 6.07 Å². The van der Waals surface area contributed by atoms with Crippen molar-refractivity contribution in [2.45, 2.75) is 39.7 Å². The monoisotopic (exact) mass is 279 g/mol. The summed E-state index contributed by atoms with van der Waals surface area (Å²) >= 11 is 0. The predicted octanol–water partition coefficient (Wildman–Crippen LogP) is 2.95. The highest BCUT2D eigenvalue weighted by Crippen LogP contribution is 2.28. The van der Waals surface area contributed by atoms with Crippen molar-refractivity contribution in [3.63, 3.8) is 0 Å². The zero-order chi connectivity index (χ0) is 15.1. The van der Waals surface area contributed by atoms with Gasteiger partial charge in [-0.3, -0.25) is 14.9 Å². The van der Waals surface area contributed by atoms with Gasteiger partial charge in [0.15, 0.2) is 0 Å². The lowest BCUT2D eigenvalue weighted by atomic mass is 10.1. The lowest BCUT2D eigenvalue weighted by Crippen LogP contribution is -2.33. The maximum atomic E-state index is 12.2. The first-order valence-corrected chi connectivity index (χ1v) is 6.83. The maximum Gasteiger partial charge on any atom is 0.293 e. The Labute approximate surface area is 118 Å². The smallest absolute Gasteiger partial charge is 0.293 e. The van der Waals surface area contributed by atoms with Gasteiger partial charge in [0.2, 0.25) is 0 Å². The number of para-hydroxylation sites is 1. The first kappa shape index (κ1) is 15.9. The first-order valence-electron chi connectivity index (χ1n) is 6.83. The number of amides is 1. The molecule has 1 atom stereocenters. The summed E-state index contributed by atoms with van der Waals surface area (Å²) in [6.07, 6.45) is 1.84. The summed E-state index contributed by atoms with van der Waals surface area (Å²) in [5.41, 5.74) is 0.507. The standard InChI is InChI=1S/C14H21N3O3/c1-4-7-10(3)16-14(18)11-8-6-9-12(17(19)20)13(11)15-5-2/h6,8-10,15H,4-5,7H2,1-3H3,(H,16,18). The molecule has 0 heterocycles. The molecule has 2 N–H and O–H groups in total. The molecule has 0 saturated heterocycles. The Morgan fingerprint density at radius 1 is 1.40 bits per heavy atom. The Morgan fingerprint density at radius 3 is 2.65 bits per heavy atom. The zero-order valence-electron chi connectivity index (χ0n) is 12.1. The van der Waals surface area contributed by atoms with Gasteiger partial charge < -0.3 is 10.6 Å². The molecule has 0 saturated carbocycles. The fourth-order valence-corrected chi connectivity index (χ4v) is 2.05. The van der Waals surface area contributed by atoms with Gasteiger partial charge in [0.05, 0.1) is 10.5 Å². The SMILES string of the molecule is CCCC(C)NC(=O)c1cccc([N+](=O)[O-])c1NCC. The molecule has 0 fully saturated rings. The van der Waals surface area contributed by atoms with Crippen LogP contribution >= 0.6 is 0 Å². The number of rotatable bonds is 7. The van der Waals surface area contributed by atoms with Crippen LogP contribution in [0.15, 0.2) is 18.2 Å². The van der Waals surface area contributed by atoms with E-state index < -0.39 is 4.92 Å². The molecule has 1 aromatic carbocycles. The lowest BCUT2D eigenvalue weighted by Gasteiger charge is -2.15. The van der Waals surface area contributed by atoms with Crippen molar-refractivity contribution in [1.82, 2.24) is 5.32 Å². The molecule has 1 rings (SSSR count). The van der Waals surface area contributed by atoms with Gasteiger partial charge in [-0.1, -0.05) is 19.4 Å². The van der Waals surface area contributed by atoms with Crippen LogP contribution in [0.3, 0.4) is 0 Å². The van der Waals surface area contributed by atoms with E-state index in [1.165, 1.54) is 12.1 Å². The number of nitro groups is 1. The van der Waals surface area contributed by atoms with Gasteiger partial charge in [-0.2, -0.15) is 0 Å². The Bertz CT molecular complexity index is 489. The number of benzene rings is 1. The van der Waals surface area contributed by atoms with Crippen LogP contribution < -0.4 is 10.6 Å². The number of nitrogens with one attached hydrogen (secondary N) is 2. The van der Waals surface area contributed by atoms with Crippen molar-refractivity contribution in [2.75, 3.05) is 11.9 Å². The molecule has 1 unspecified atom stereocenters. The average Bonchev–Trinajstić information content (AvgIpc) is 2.39. The third kappa shape index (κ3) is 3.94. The van der Waals surface area contributed by atoms with Crippen molar-refractivity contribution in [3.05, 3.63) is 33.9 Å². The van der Waals surface area contributed by atoms with Crippen LogP contribution in [0.4, 0.5) is 11.4 Å². The highest BCUT2D eigenvalue weighted by atomic mass is 16.6. The molecule has 110 valence electrons. The molecule has 0 bridgehead atoms. The van der Waals surface area contributed by atoms with Gasteiger partial charge in [-0.15, -0.1) is 0 Å². The third-order valence-electron chi connectivity index (χ3n) is 2.94. The highest BCUT2D eigenvalue weighted by Gasteiger charge is 2.21. The number of anilines is 1. The van der Waals surface area contributed by atoms with E-state index in [0.717, 1.165) is 12.8 Å². The van der Waals surface area contributed by atoms with Gasteiger partial charge in [0, 0.05) is 18.7 Å². The summed E-state index contributed by atoms with van der Waals surface area (Å²) in [6.45, 7) is 6.31. The third-order valence-corrected chi connectivity index (χ3v) is 2.94. The van der Waals surface area contributed by atoms with Crippen LogP contribution in [0.2, 0.25) is 0 Å².